The summed E-state index contributed by atoms with van der Waals surface area (Å²) < 4.78 is 4.97. The molecule has 2 aromatic carbocycles. The summed E-state index contributed by atoms with van der Waals surface area (Å²) in [4.78, 5) is 31.7. The fourth-order valence-corrected chi connectivity index (χ4v) is 2.46. The molecule has 7 nitrogen and oxygen atoms in total. The maximum atomic E-state index is 11.7. The largest absolute Gasteiger partial charge is 0.462 e. The minimum Gasteiger partial charge on any atom is -0.462 e. The summed E-state index contributed by atoms with van der Waals surface area (Å²) in [5, 5.41) is 6.26. The predicted octanol–water partition coefficient (Wildman–Crippen LogP) is 4.34. The number of ether oxygens (including phenoxy) is 1. The Balaban J connectivity index is 1.67. The number of anilines is 4. The highest BCUT2D eigenvalue weighted by Gasteiger charge is 2.07. The van der Waals surface area contributed by atoms with Crippen molar-refractivity contribution in [3.05, 3.63) is 71.9 Å². The molecule has 0 spiro atoms. The van der Waals surface area contributed by atoms with E-state index in [1.54, 1.807) is 55.6 Å². The van der Waals surface area contributed by atoms with Gasteiger partial charge in [-0.2, -0.15) is 4.98 Å². The Kier molecular flexibility index (Phi) is 5.96. The molecule has 0 saturated carbocycles. The molecule has 1 heterocycles. The molecule has 3 rings (SSSR count). The molecule has 0 saturated heterocycles. The molecule has 142 valence electrons. The van der Waals surface area contributed by atoms with Crippen LogP contribution in [0.25, 0.3) is 0 Å². The molecule has 28 heavy (non-hydrogen) atoms. The number of benzene rings is 2. The molecule has 0 radical (unpaired) electrons. The van der Waals surface area contributed by atoms with E-state index < -0.39 is 0 Å². The van der Waals surface area contributed by atoms with Crippen molar-refractivity contribution in [3.8, 4) is 0 Å². The SMILES string of the molecule is CCOC(=O)c1ccc(Nc2nccc(Nc3ccc(C(C)=O)cc3)n2)cc1. The average molecular weight is 376 g/mol. The Bertz CT molecular complexity index is 970. The van der Waals surface area contributed by atoms with Crippen molar-refractivity contribution in [1.82, 2.24) is 9.97 Å². The molecule has 3 aromatic rings. The Morgan fingerprint density at radius 2 is 1.50 bits per heavy atom. The molecule has 0 aliphatic heterocycles. The van der Waals surface area contributed by atoms with E-state index in [-0.39, 0.29) is 11.8 Å². The summed E-state index contributed by atoms with van der Waals surface area (Å²) in [5.74, 6) is 0.687. The van der Waals surface area contributed by atoms with Gasteiger partial charge in [0, 0.05) is 23.1 Å². The third kappa shape index (κ3) is 4.91. The highest BCUT2D eigenvalue weighted by Crippen LogP contribution is 2.19. The van der Waals surface area contributed by atoms with Gasteiger partial charge in [-0.15, -0.1) is 0 Å². The van der Waals surface area contributed by atoms with Crippen molar-refractivity contribution < 1.29 is 14.3 Å². The maximum Gasteiger partial charge on any atom is 0.338 e. The van der Waals surface area contributed by atoms with Crippen LogP contribution in [0.15, 0.2) is 60.8 Å². The lowest BCUT2D eigenvalue weighted by molar-refractivity contribution is 0.0526. The molecule has 0 atom stereocenters. The van der Waals surface area contributed by atoms with Gasteiger partial charge in [-0.1, -0.05) is 0 Å². The molecule has 0 amide bonds. The Morgan fingerprint density at radius 3 is 2.11 bits per heavy atom. The number of hydrogen-bond donors (Lipinski definition) is 2. The van der Waals surface area contributed by atoms with Crippen molar-refractivity contribution >= 4 is 34.9 Å². The molecule has 2 N–H and O–H groups in total. The second-order valence-corrected chi connectivity index (χ2v) is 5.95. The highest BCUT2D eigenvalue weighted by molar-refractivity contribution is 5.94. The lowest BCUT2D eigenvalue weighted by Gasteiger charge is -2.09. The molecule has 0 aliphatic carbocycles. The van der Waals surface area contributed by atoms with Crippen molar-refractivity contribution in [2.75, 3.05) is 17.2 Å². The van der Waals surface area contributed by atoms with E-state index in [4.69, 9.17) is 4.74 Å². The van der Waals surface area contributed by atoms with E-state index in [9.17, 15) is 9.59 Å². The number of rotatable bonds is 7. The van der Waals surface area contributed by atoms with Crippen LogP contribution >= 0.6 is 0 Å². The van der Waals surface area contributed by atoms with Gasteiger partial charge in [0.1, 0.15) is 5.82 Å². The number of aromatic nitrogens is 2. The number of nitrogens with one attached hydrogen (secondary N) is 2. The van der Waals surface area contributed by atoms with Gasteiger partial charge >= 0.3 is 5.97 Å². The van der Waals surface area contributed by atoms with Crippen molar-refractivity contribution in [2.24, 2.45) is 0 Å². The van der Waals surface area contributed by atoms with Crippen LogP contribution < -0.4 is 10.6 Å². The average Bonchev–Trinajstić information content (AvgIpc) is 2.69. The van der Waals surface area contributed by atoms with Gasteiger partial charge in [0.2, 0.25) is 5.95 Å². The van der Waals surface area contributed by atoms with Crippen LogP contribution in [0.5, 0.6) is 0 Å². The number of carbonyl (C=O) groups is 2. The van der Waals surface area contributed by atoms with Crippen LogP contribution in [0.2, 0.25) is 0 Å². The first-order valence-electron chi connectivity index (χ1n) is 8.80. The zero-order valence-electron chi connectivity index (χ0n) is 15.6. The van der Waals surface area contributed by atoms with Crippen LogP contribution in [-0.4, -0.2) is 28.3 Å². The van der Waals surface area contributed by atoms with Gasteiger partial charge in [-0.3, -0.25) is 4.79 Å². The van der Waals surface area contributed by atoms with E-state index >= 15 is 0 Å². The third-order valence-electron chi connectivity index (χ3n) is 3.87. The molecule has 0 unspecified atom stereocenters. The summed E-state index contributed by atoms with van der Waals surface area (Å²) >= 11 is 0. The number of Topliss-reactive ketones (excluding diaryl/α,β-unsaturated/α-hetero) is 1. The summed E-state index contributed by atoms with van der Waals surface area (Å²) in [5.41, 5.74) is 2.70. The van der Waals surface area contributed by atoms with Gasteiger partial charge in [0.25, 0.3) is 0 Å². The maximum absolute atomic E-state index is 11.7. The highest BCUT2D eigenvalue weighted by atomic mass is 16.5. The predicted molar refractivity (Wildman–Crippen MR) is 107 cm³/mol. The second-order valence-electron chi connectivity index (χ2n) is 5.95. The summed E-state index contributed by atoms with van der Waals surface area (Å²) in [6.45, 7) is 3.64. The molecular formula is C21H20N4O3. The van der Waals surface area contributed by atoms with E-state index in [0.29, 0.717) is 29.5 Å². The lowest BCUT2D eigenvalue weighted by atomic mass is 10.1. The van der Waals surface area contributed by atoms with E-state index in [1.165, 1.54) is 6.92 Å². The first-order valence-corrected chi connectivity index (χ1v) is 8.80. The minimum atomic E-state index is -0.354. The zero-order chi connectivity index (χ0) is 19.9. The first kappa shape index (κ1) is 19.0. The van der Waals surface area contributed by atoms with Crippen LogP contribution in [0.1, 0.15) is 34.6 Å². The number of nitrogens with zero attached hydrogens (tertiary/aromatic N) is 2. The van der Waals surface area contributed by atoms with Crippen molar-refractivity contribution in [1.29, 1.82) is 0 Å². The van der Waals surface area contributed by atoms with Crippen LogP contribution in [0.4, 0.5) is 23.1 Å². The molecular weight excluding hydrogens is 356 g/mol. The molecule has 0 aliphatic rings. The number of hydrogen-bond acceptors (Lipinski definition) is 7. The molecule has 1 aromatic heterocycles. The number of ketones is 1. The normalized spacial score (nSPS) is 10.2. The molecule has 7 heteroatoms. The van der Waals surface area contributed by atoms with Crippen LogP contribution in [-0.2, 0) is 4.74 Å². The van der Waals surface area contributed by atoms with E-state index in [1.807, 2.05) is 12.1 Å². The third-order valence-corrected chi connectivity index (χ3v) is 3.87. The minimum absolute atomic E-state index is 0.0223. The number of carbonyl (C=O) groups excluding carboxylic acids is 2. The fourth-order valence-electron chi connectivity index (χ4n) is 2.46. The van der Waals surface area contributed by atoms with Crippen LogP contribution in [0.3, 0.4) is 0 Å². The molecule has 0 fully saturated rings. The smallest absolute Gasteiger partial charge is 0.338 e. The zero-order valence-corrected chi connectivity index (χ0v) is 15.6. The van der Waals surface area contributed by atoms with Gasteiger partial charge in [-0.25, -0.2) is 9.78 Å². The van der Waals surface area contributed by atoms with E-state index in [0.717, 1.165) is 11.4 Å². The second kappa shape index (κ2) is 8.77. The monoisotopic (exact) mass is 376 g/mol. The molecule has 0 bridgehead atoms. The summed E-state index contributed by atoms with van der Waals surface area (Å²) in [6, 6.07) is 15.8. The Labute approximate surface area is 162 Å². The Hall–Kier alpha value is -3.74. The summed E-state index contributed by atoms with van der Waals surface area (Å²) in [6.07, 6.45) is 1.63. The lowest BCUT2D eigenvalue weighted by Crippen LogP contribution is -2.05. The van der Waals surface area contributed by atoms with Crippen LogP contribution in [0, 0.1) is 0 Å². The number of esters is 1. The van der Waals surface area contributed by atoms with Gasteiger partial charge < -0.3 is 15.4 Å². The van der Waals surface area contributed by atoms with Gasteiger partial charge in [-0.05, 0) is 68.4 Å². The van der Waals surface area contributed by atoms with Gasteiger partial charge in [0.15, 0.2) is 5.78 Å². The first-order chi connectivity index (χ1) is 13.5. The topological polar surface area (TPSA) is 93.2 Å². The van der Waals surface area contributed by atoms with Crippen molar-refractivity contribution in [3.63, 3.8) is 0 Å². The Morgan fingerprint density at radius 1 is 0.893 bits per heavy atom. The van der Waals surface area contributed by atoms with Crippen molar-refractivity contribution in [2.45, 2.75) is 13.8 Å². The fraction of sp³-hybridized carbons (Fsp3) is 0.143. The summed E-state index contributed by atoms with van der Waals surface area (Å²) in [7, 11) is 0. The standard InChI is InChI=1S/C21H20N4O3/c1-3-28-20(27)16-6-10-18(11-7-16)24-21-22-13-12-19(25-21)23-17-8-4-15(5-9-17)14(2)26/h4-13H,3H2,1-2H3,(H2,22,23,24,25). The quantitative estimate of drug-likeness (QED) is 0.468. The van der Waals surface area contributed by atoms with E-state index in [2.05, 4.69) is 20.6 Å². The van der Waals surface area contributed by atoms with Gasteiger partial charge in [0.05, 0.1) is 12.2 Å².